The maximum absolute atomic E-state index is 13.1. The van der Waals surface area contributed by atoms with Gasteiger partial charge in [-0.3, -0.25) is 4.98 Å². The molecule has 0 radical (unpaired) electrons. The van der Waals surface area contributed by atoms with Crippen molar-refractivity contribution in [1.29, 1.82) is 0 Å². The van der Waals surface area contributed by atoms with Gasteiger partial charge in [0.25, 0.3) is 0 Å². The van der Waals surface area contributed by atoms with Crippen molar-refractivity contribution in [1.82, 2.24) is 4.98 Å². The van der Waals surface area contributed by atoms with Gasteiger partial charge in [-0.25, -0.2) is 4.21 Å². The maximum atomic E-state index is 13.1. The minimum atomic E-state index is -2.56. The van der Waals surface area contributed by atoms with Crippen LogP contribution in [0.4, 0.5) is 17.1 Å². The smallest absolute Gasteiger partial charge is 0.117 e. The first-order valence-electron chi connectivity index (χ1n) is 8.73. The van der Waals surface area contributed by atoms with Crippen molar-refractivity contribution in [2.75, 3.05) is 11.6 Å². The van der Waals surface area contributed by atoms with Crippen molar-refractivity contribution < 1.29 is 9.32 Å². The average Bonchev–Trinajstić information content (AvgIpc) is 2.69. The van der Waals surface area contributed by atoms with Crippen molar-refractivity contribution in [3.63, 3.8) is 0 Å². The Morgan fingerprint density at radius 1 is 0.964 bits per heavy atom. The summed E-state index contributed by atoms with van der Waals surface area (Å²) in [6.45, 7) is 0. The number of rotatable bonds is 4. The Morgan fingerprint density at radius 3 is 2.57 bits per heavy atom. The fourth-order valence-electron chi connectivity index (χ4n) is 2.97. The molecular formula is C22H19N3O2S. The standard InChI is InChI=1S/C22H19N3O2S/c1-28(27,19-8-3-2-4-9-19)25-17-10-11-21-20(15-17)22(12-13-23-21)24-16-6-5-7-18(26)14-16/h2-15,26H,1H3,(H,23,24)/t28-/m0/s1. The molecule has 6 heteroatoms. The van der Waals surface area contributed by atoms with E-state index in [0.717, 1.165) is 22.3 Å². The van der Waals surface area contributed by atoms with Crippen LogP contribution in [-0.2, 0) is 9.73 Å². The molecule has 0 amide bonds. The molecule has 5 nitrogen and oxygen atoms in total. The first kappa shape index (κ1) is 18.0. The van der Waals surface area contributed by atoms with Gasteiger partial charge < -0.3 is 10.4 Å². The van der Waals surface area contributed by atoms with E-state index in [1.54, 1.807) is 30.7 Å². The second-order valence-electron chi connectivity index (χ2n) is 6.44. The number of hydrogen-bond donors (Lipinski definition) is 2. The quantitative estimate of drug-likeness (QED) is 0.485. The number of pyridine rings is 1. The number of phenols is 1. The third kappa shape index (κ3) is 3.82. The van der Waals surface area contributed by atoms with E-state index in [4.69, 9.17) is 0 Å². The van der Waals surface area contributed by atoms with E-state index in [1.807, 2.05) is 60.7 Å². The second kappa shape index (κ2) is 7.32. The van der Waals surface area contributed by atoms with E-state index >= 15 is 0 Å². The number of hydrogen-bond acceptors (Lipinski definition) is 5. The van der Waals surface area contributed by atoms with E-state index in [9.17, 15) is 9.32 Å². The number of fused-ring (bicyclic) bond motifs is 1. The zero-order valence-corrected chi connectivity index (χ0v) is 16.1. The Hall–Kier alpha value is -3.38. The fraction of sp³-hybridized carbons (Fsp3) is 0.0455. The predicted molar refractivity (Wildman–Crippen MR) is 114 cm³/mol. The van der Waals surface area contributed by atoms with Gasteiger partial charge in [-0.2, -0.15) is 4.36 Å². The predicted octanol–water partition coefficient (Wildman–Crippen LogP) is 5.47. The van der Waals surface area contributed by atoms with Gasteiger partial charge in [0.05, 0.1) is 20.9 Å². The normalized spacial score (nSPS) is 13.0. The van der Waals surface area contributed by atoms with Crippen LogP contribution in [0.1, 0.15) is 0 Å². The fourth-order valence-corrected chi connectivity index (χ4v) is 4.25. The summed E-state index contributed by atoms with van der Waals surface area (Å²) in [5.41, 5.74) is 3.01. The van der Waals surface area contributed by atoms with Crippen LogP contribution in [0.25, 0.3) is 10.9 Å². The lowest BCUT2D eigenvalue weighted by atomic mass is 10.1. The summed E-state index contributed by atoms with van der Waals surface area (Å²) in [7, 11) is -2.56. The number of anilines is 2. The Bertz CT molecular complexity index is 1260. The van der Waals surface area contributed by atoms with E-state index in [-0.39, 0.29) is 5.75 Å². The van der Waals surface area contributed by atoms with Crippen LogP contribution in [0.2, 0.25) is 0 Å². The number of nitrogens with zero attached hydrogens (tertiary/aromatic N) is 2. The Labute approximate surface area is 163 Å². The van der Waals surface area contributed by atoms with Crippen molar-refractivity contribution in [2.24, 2.45) is 4.36 Å². The van der Waals surface area contributed by atoms with Gasteiger partial charge in [0.15, 0.2) is 0 Å². The second-order valence-corrected chi connectivity index (χ2v) is 8.70. The zero-order valence-electron chi connectivity index (χ0n) is 15.2. The zero-order chi connectivity index (χ0) is 19.6. The first-order chi connectivity index (χ1) is 13.5. The summed E-state index contributed by atoms with van der Waals surface area (Å²) < 4.78 is 17.6. The molecule has 1 atom stereocenters. The van der Waals surface area contributed by atoms with E-state index in [2.05, 4.69) is 14.7 Å². The van der Waals surface area contributed by atoms with Crippen LogP contribution in [-0.4, -0.2) is 20.6 Å². The highest BCUT2D eigenvalue weighted by Crippen LogP contribution is 2.30. The SMILES string of the molecule is C[S@@](=O)(=Nc1ccc2nccc(Nc3cccc(O)c3)c2c1)c1ccccc1. The number of nitrogens with one attached hydrogen (secondary N) is 1. The molecule has 28 heavy (non-hydrogen) atoms. The van der Waals surface area contributed by atoms with Gasteiger partial charge in [-0.05, 0) is 48.5 Å². The van der Waals surface area contributed by atoms with Crippen molar-refractivity contribution in [2.45, 2.75) is 4.90 Å². The largest absolute Gasteiger partial charge is 0.508 e. The molecule has 3 aromatic carbocycles. The molecule has 1 heterocycles. The van der Waals surface area contributed by atoms with Crippen molar-refractivity contribution in [3.05, 3.63) is 85.1 Å². The minimum absolute atomic E-state index is 0.188. The molecule has 0 fully saturated rings. The minimum Gasteiger partial charge on any atom is -0.508 e. The highest BCUT2D eigenvalue weighted by molar-refractivity contribution is 7.93. The monoisotopic (exact) mass is 389 g/mol. The molecule has 140 valence electrons. The molecule has 0 saturated carbocycles. The Morgan fingerprint density at radius 2 is 1.79 bits per heavy atom. The summed E-state index contributed by atoms with van der Waals surface area (Å²) in [5.74, 6) is 0.188. The van der Waals surface area contributed by atoms with Crippen molar-refractivity contribution >= 4 is 37.7 Å². The first-order valence-corrected chi connectivity index (χ1v) is 10.7. The summed E-state index contributed by atoms with van der Waals surface area (Å²) in [5, 5.41) is 13.8. The molecule has 2 N–H and O–H groups in total. The summed E-state index contributed by atoms with van der Waals surface area (Å²) in [6, 6.07) is 23.6. The van der Waals surface area contributed by atoms with E-state index in [1.165, 1.54) is 0 Å². The topological polar surface area (TPSA) is 74.6 Å². The van der Waals surface area contributed by atoms with Crippen LogP contribution in [0.5, 0.6) is 5.75 Å². The van der Waals surface area contributed by atoms with Gasteiger partial charge >= 0.3 is 0 Å². The van der Waals surface area contributed by atoms with Crippen LogP contribution < -0.4 is 5.32 Å². The third-order valence-electron chi connectivity index (χ3n) is 4.31. The van der Waals surface area contributed by atoms with Crippen LogP contribution in [0, 0.1) is 0 Å². The molecule has 4 rings (SSSR count). The lowest BCUT2D eigenvalue weighted by molar-refractivity contribution is 0.475. The molecule has 0 spiro atoms. The maximum Gasteiger partial charge on any atom is 0.117 e. The summed E-state index contributed by atoms with van der Waals surface area (Å²) >= 11 is 0. The molecule has 0 bridgehead atoms. The Kier molecular flexibility index (Phi) is 4.71. The summed E-state index contributed by atoms with van der Waals surface area (Å²) in [6.07, 6.45) is 3.36. The van der Waals surface area contributed by atoms with Gasteiger partial charge in [0.1, 0.15) is 5.75 Å². The molecule has 0 saturated heterocycles. The van der Waals surface area contributed by atoms with Crippen LogP contribution >= 0.6 is 0 Å². The molecular weight excluding hydrogens is 370 g/mol. The van der Waals surface area contributed by atoms with Gasteiger partial charge in [-0.15, -0.1) is 0 Å². The lowest BCUT2D eigenvalue weighted by Gasteiger charge is -2.11. The molecule has 4 aromatic rings. The number of aromatic hydroxyl groups is 1. The highest BCUT2D eigenvalue weighted by atomic mass is 32.2. The van der Waals surface area contributed by atoms with E-state index < -0.39 is 9.73 Å². The van der Waals surface area contributed by atoms with Gasteiger partial charge in [0, 0.05) is 40.2 Å². The molecule has 0 aliphatic carbocycles. The molecule has 0 unspecified atom stereocenters. The number of phenolic OH excluding ortho intramolecular Hbond substituents is 1. The van der Waals surface area contributed by atoms with E-state index in [0.29, 0.717) is 10.6 Å². The average molecular weight is 389 g/mol. The lowest BCUT2D eigenvalue weighted by Crippen LogP contribution is -1.96. The number of aromatic nitrogens is 1. The summed E-state index contributed by atoms with van der Waals surface area (Å²) in [4.78, 5) is 5.09. The van der Waals surface area contributed by atoms with Gasteiger partial charge in [-0.1, -0.05) is 24.3 Å². The Balaban J connectivity index is 1.78. The number of benzene rings is 3. The van der Waals surface area contributed by atoms with Crippen LogP contribution in [0.3, 0.4) is 0 Å². The molecule has 0 aliphatic rings. The van der Waals surface area contributed by atoms with Crippen LogP contribution in [0.15, 0.2) is 94.3 Å². The highest BCUT2D eigenvalue weighted by Gasteiger charge is 2.08. The van der Waals surface area contributed by atoms with Crippen molar-refractivity contribution in [3.8, 4) is 5.75 Å². The third-order valence-corrected chi connectivity index (χ3v) is 6.02. The van der Waals surface area contributed by atoms with Gasteiger partial charge in [0.2, 0.25) is 0 Å². The molecule has 0 aliphatic heterocycles. The molecule has 1 aromatic heterocycles.